The third-order valence-electron chi connectivity index (χ3n) is 4.14. The summed E-state index contributed by atoms with van der Waals surface area (Å²) in [6.45, 7) is 0.886. The Kier molecular flexibility index (Phi) is 4.39. The van der Waals surface area contributed by atoms with Crippen molar-refractivity contribution in [2.45, 2.75) is 31.4 Å². The summed E-state index contributed by atoms with van der Waals surface area (Å²) in [4.78, 5) is 0. The van der Waals surface area contributed by atoms with E-state index in [1.165, 1.54) is 29.2 Å². The van der Waals surface area contributed by atoms with Gasteiger partial charge in [-0.2, -0.15) is 0 Å². The van der Waals surface area contributed by atoms with Crippen LogP contribution in [0.4, 0.5) is 0 Å². The first kappa shape index (κ1) is 14.1. The van der Waals surface area contributed by atoms with E-state index >= 15 is 0 Å². The van der Waals surface area contributed by atoms with Crippen molar-refractivity contribution in [1.82, 2.24) is 5.32 Å². The van der Waals surface area contributed by atoms with Crippen LogP contribution in [0, 0.1) is 0 Å². The molecule has 1 N–H and O–H groups in total. The van der Waals surface area contributed by atoms with Crippen LogP contribution in [-0.4, -0.2) is 19.8 Å². The number of likely N-dealkylation sites (N-methyl/N-ethyl adjacent to an activating group) is 1. The maximum absolute atomic E-state index is 5.99. The fourth-order valence-corrected chi connectivity index (χ4v) is 3.60. The highest BCUT2D eigenvalue weighted by Crippen LogP contribution is 2.34. The lowest BCUT2D eigenvalue weighted by Crippen LogP contribution is -2.34. The van der Waals surface area contributed by atoms with E-state index < -0.39 is 0 Å². The number of fused-ring (bicyclic) bond motifs is 1. The van der Waals surface area contributed by atoms with Gasteiger partial charge in [0.05, 0.1) is 12.1 Å². The molecule has 0 amide bonds. The molecule has 0 aromatic heterocycles. The second-order valence-corrected chi connectivity index (χ2v) is 6.21. The zero-order chi connectivity index (χ0) is 13.9. The summed E-state index contributed by atoms with van der Waals surface area (Å²) in [6, 6.07) is 13.2. The van der Waals surface area contributed by atoms with Gasteiger partial charge in [-0.25, -0.2) is 0 Å². The highest BCUT2D eigenvalue weighted by Gasteiger charge is 2.26. The minimum Gasteiger partial charge on any atom is -0.376 e. The zero-order valence-corrected chi connectivity index (χ0v) is 13.3. The van der Waals surface area contributed by atoms with Gasteiger partial charge in [-0.15, -0.1) is 0 Å². The topological polar surface area (TPSA) is 21.3 Å². The number of hydrogen-bond donors (Lipinski definition) is 1. The fourth-order valence-electron chi connectivity index (χ4n) is 3.13. The molecule has 3 rings (SSSR count). The Morgan fingerprint density at radius 3 is 2.65 bits per heavy atom. The number of rotatable bonds is 3. The predicted octanol–water partition coefficient (Wildman–Crippen LogP) is 4.43. The number of halogens is 1. The Bertz CT molecular complexity index is 593. The van der Waals surface area contributed by atoms with Crippen LogP contribution in [0.3, 0.4) is 0 Å². The van der Waals surface area contributed by atoms with E-state index in [-0.39, 0.29) is 12.1 Å². The molecule has 2 atom stereocenters. The summed E-state index contributed by atoms with van der Waals surface area (Å²) in [5.41, 5.74) is 1.33. The predicted molar refractivity (Wildman–Crippen MR) is 87.0 cm³/mol. The first-order valence-electron chi connectivity index (χ1n) is 7.27. The molecule has 2 aromatic rings. The summed E-state index contributed by atoms with van der Waals surface area (Å²) >= 11 is 3.65. The lowest BCUT2D eigenvalue weighted by molar-refractivity contribution is -0.00632. The number of hydrogen-bond acceptors (Lipinski definition) is 2. The lowest BCUT2D eigenvalue weighted by Gasteiger charge is -2.31. The highest BCUT2D eigenvalue weighted by molar-refractivity contribution is 9.10. The van der Waals surface area contributed by atoms with Gasteiger partial charge in [0, 0.05) is 11.1 Å². The van der Waals surface area contributed by atoms with Crippen LogP contribution in [0.25, 0.3) is 10.8 Å². The van der Waals surface area contributed by atoms with E-state index in [0.29, 0.717) is 0 Å². The molecule has 0 bridgehead atoms. The first-order valence-corrected chi connectivity index (χ1v) is 8.06. The van der Waals surface area contributed by atoms with E-state index in [1.807, 2.05) is 7.05 Å². The third kappa shape index (κ3) is 2.62. The van der Waals surface area contributed by atoms with Crippen molar-refractivity contribution in [3.63, 3.8) is 0 Å². The molecule has 0 saturated carbocycles. The molecular weight excluding hydrogens is 314 g/mol. The molecule has 1 aliphatic heterocycles. The third-order valence-corrected chi connectivity index (χ3v) is 4.83. The van der Waals surface area contributed by atoms with Gasteiger partial charge >= 0.3 is 0 Å². The summed E-state index contributed by atoms with van der Waals surface area (Å²) in [5.74, 6) is 0. The number of benzene rings is 2. The first-order chi connectivity index (χ1) is 9.81. The quantitative estimate of drug-likeness (QED) is 0.896. The van der Waals surface area contributed by atoms with Gasteiger partial charge in [-0.1, -0.05) is 46.3 Å². The maximum atomic E-state index is 5.99. The SMILES string of the molecule is CNC(c1ccc(Br)c2ccccc12)C1CCCCO1. The fraction of sp³-hybridized carbons (Fsp3) is 0.412. The van der Waals surface area contributed by atoms with Crippen LogP contribution in [0.2, 0.25) is 0 Å². The molecule has 0 aliphatic carbocycles. The van der Waals surface area contributed by atoms with Crippen molar-refractivity contribution >= 4 is 26.7 Å². The van der Waals surface area contributed by atoms with Gasteiger partial charge in [0.1, 0.15) is 0 Å². The summed E-state index contributed by atoms with van der Waals surface area (Å²) in [6.07, 6.45) is 3.86. The summed E-state index contributed by atoms with van der Waals surface area (Å²) < 4.78 is 7.14. The van der Waals surface area contributed by atoms with E-state index in [1.54, 1.807) is 0 Å². The van der Waals surface area contributed by atoms with E-state index in [9.17, 15) is 0 Å². The Labute approximate surface area is 128 Å². The minimum absolute atomic E-state index is 0.258. The van der Waals surface area contributed by atoms with Crippen LogP contribution >= 0.6 is 15.9 Å². The molecule has 2 aromatic carbocycles. The van der Waals surface area contributed by atoms with E-state index in [2.05, 4.69) is 57.6 Å². The molecule has 0 spiro atoms. The van der Waals surface area contributed by atoms with Gasteiger partial charge in [0.25, 0.3) is 0 Å². The van der Waals surface area contributed by atoms with Gasteiger partial charge in [-0.3, -0.25) is 0 Å². The minimum atomic E-state index is 0.258. The van der Waals surface area contributed by atoms with Gasteiger partial charge in [0.15, 0.2) is 0 Å². The number of ether oxygens (including phenoxy) is 1. The monoisotopic (exact) mass is 333 g/mol. The van der Waals surface area contributed by atoms with Crippen molar-refractivity contribution in [2.24, 2.45) is 0 Å². The molecule has 3 heteroatoms. The van der Waals surface area contributed by atoms with Crippen molar-refractivity contribution in [2.75, 3.05) is 13.7 Å². The maximum Gasteiger partial charge on any atom is 0.0769 e. The molecule has 2 nitrogen and oxygen atoms in total. The van der Waals surface area contributed by atoms with Crippen LogP contribution in [0.1, 0.15) is 30.9 Å². The van der Waals surface area contributed by atoms with Crippen LogP contribution in [0.5, 0.6) is 0 Å². The van der Waals surface area contributed by atoms with E-state index in [0.717, 1.165) is 17.5 Å². The summed E-state index contributed by atoms with van der Waals surface area (Å²) in [5, 5.41) is 6.03. The van der Waals surface area contributed by atoms with E-state index in [4.69, 9.17) is 4.74 Å². The van der Waals surface area contributed by atoms with Crippen molar-refractivity contribution in [1.29, 1.82) is 0 Å². The smallest absolute Gasteiger partial charge is 0.0769 e. The standard InChI is InChI=1S/C17H20BrNO/c1-19-17(16-8-4-5-11-20-16)14-9-10-15(18)13-7-3-2-6-12(13)14/h2-3,6-7,9-10,16-17,19H,4-5,8,11H2,1H3. The average molecular weight is 334 g/mol. The molecule has 1 fully saturated rings. The Hall–Kier alpha value is -0.900. The average Bonchev–Trinajstić information content (AvgIpc) is 2.52. The molecule has 1 saturated heterocycles. The Morgan fingerprint density at radius 2 is 1.95 bits per heavy atom. The molecule has 20 heavy (non-hydrogen) atoms. The van der Waals surface area contributed by atoms with Crippen molar-refractivity contribution < 1.29 is 4.74 Å². The van der Waals surface area contributed by atoms with Crippen molar-refractivity contribution in [3.8, 4) is 0 Å². The zero-order valence-electron chi connectivity index (χ0n) is 11.7. The Morgan fingerprint density at radius 1 is 1.15 bits per heavy atom. The van der Waals surface area contributed by atoms with Gasteiger partial charge < -0.3 is 10.1 Å². The number of nitrogens with one attached hydrogen (secondary N) is 1. The van der Waals surface area contributed by atoms with Crippen LogP contribution in [0.15, 0.2) is 40.9 Å². The molecular formula is C17H20BrNO. The molecule has 0 radical (unpaired) electrons. The Balaban J connectivity index is 2.05. The van der Waals surface area contributed by atoms with Gasteiger partial charge in [0.2, 0.25) is 0 Å². The van der Waals surface area contributed by atoms with Crippen LogP contribution in [-0.2, 0) is 4.74 Å². The molecule has 2 unspecified atom stereocenters. The summed E-state index contributed by atoms with van der Waals surface area (Å²) in [7, 11) is 2.03. The molecule has 1 heterocycles. The molecule has 1 aliphatic rings. The molecule has 106 valence electrons. The van der Waals surface area contributed by atoms with Crippen LogP contribution < -0.4 is 5.32 Å². The second kappa shape index (κ2) is 6.25. The normalized spacial score (nSPS) is 21.0. The second-order valence-electron chi connectivity index (χ2n) is 5.35. The van der Waals surface area contributed by atoms with Crippen molar-refractivity contribution in [3.05, 3.63) is 46.4 Å². The lowest BCUT2D eigenvalue weighted by atomic mass is 9.92. The van der Waals surface area contributed by atoms with Gasteiger partial charge in [-0.05, 0) is 48.7 Å². The largest absolute Gasteiger partial charge is 0.376 e. The highest BCUT2D eigenvalue weighted by atomic mass is 79.9.